The van der Waals surface area contributed by atoms with Gasteiger partial charge in [-0.2, -0.15) is 0 Å². The van der Waals surface area contributed by atoms with Gasteiger partial charge in [0.05, 0.1) is 0 Å². The van der Waals surface area contributed by atoms with Crippen molar-refractivity contribution in [2.75, 3.05) is 39.8 Å². The molecule has 0 radical (unpaired) electrons. The second-order valence-electron chi connectivity index (χ2n) is 4.87. The van der Waals surface area contributed by atoms with Gasteiger partial charge in [-0.25, -0.2) is 4.79 Å². The van der Waals surface area contributed by atoms with E-state index in [0.29, 0.717) is 18.0 Å². The Hall–Kier alpha value is -2.32. The lowest BCUT2D eigenvalue weighted by atomic mass is 10.4. The minimum Gasteiger partial charge on any atom is -0.480 e. The summed E-state index contributed by atoms with van der Waals surface area (Å²) in [5.74, 6) is -2.86. The number of carbonyl (C=O) groups is 4. The molecule has 21 heavy (non-hydrogen) atoms. The number of likely N-dealkylation sites (tertiary alicyclic amines) is 1. The van der Waals surface area contributed by atoms with Crippen molar-refractivity contribution in [3.8, 4) is 0 Å². The zero-order valence-corrected chi connectivity index (χ0v) is 11.8. The molecule has 1 rings (SSSR count). The molecule has 0 atom stereocenters. The van der Waals surface area contributed by atoms with Gasteiger partial charge in [-0.3, -0.25) is 14.4 Å². The summed E-state index contributed by atoms with van der Waals surface area (Å²) < 4.78 is 0. The van der Waals surface area contributed by atoms with E-state index in [1.54, 1.807) is 4.90 Å². The summed E-state index contributed by atoms with van der Waals surface area (Å²) in [5.41, 5.74) is 0. The summed E-state index contributed by atoms with van der Waals surface area (Å²) in [6.45, 7) is -0.362. The number of likely N-dealkylation sites (N-methyl/N-ethyl adjacent to an activating group) is 1. The van der Waals surface area contributed by atoms with Crippen molar-refractivity contribution in [1.82, 2.24) is 14.7 Å². The van der Waals surface area contributed by atoms with E-state index in [2.05, 4.69) is 0 Å². The van der Waals surface area contributed by atoms with E-state index in [4.69, 9.17) is 10.2 Å². The number of nitrogens with zero attached hydrogens (tertiary/aromatic N) is 3. The van der Waals surface area contributed by atoms with Crippen molar-refractivity contribution in [2.24, 2.45) is 0 Å². The molecule has 0 unspecified atom stereocenters. The zero-order chi connectivity index (χ0) is 16.0. The topological polar surface area (TPSA) is 118 Å². The lowest BCUT2D eigenvalue weighted by Crippen LogP contribution is -2.49. The Balaban J connectivity index is 2.61. The largest absolute Gasteiger partial charge is 0.480 e. The van der Waals surface area contributed by atoms with Crippen LogP contribution < -0.4 is 0 Å². The quantitative estimate of drug-likeness (QED) is 0.658. The third kappa shape index (κ3) is 5.28. The number of amides is 3. The normalized spacial score (nSPS) is 13.9. The highest BCUT2D eigenvalue weighted by molar-refractivity contribution is 5.87. The molecular weight excluding hydrogens is 282 g/mol. The van der Waals surface area contributed by atoms with Gasteiger partial charge in [0.15, 0.2) is 0 Å². The molecule has 0 spiro atoms. The number of hydrogen-bond donors (Lipinski definition) is 2. The van der Waals surface area contributed by atoms with E-state index >= 15 is 0 Å². The molecule has 118 valence electrons. The zero-order valence-electron chi connectivity index (χ0n) is 11.8. The Labute approximate surface area is 121 Å². The van der Waals surface area contributed by atoms with Crippen LogP contribution >= 0.6 is 0 Å². The van der Waals surface area contributed by atoms with Gasteiger partial charge in [0.25, 0.3) is 0 Å². The smallest absolute Gasteiger partial charge is 0.323 e. The molecule has 1 fully saturated rings. The molecule has 0 aromatic rings. The Morgan fingerprint density at radius 2 is 1.43 bits per heavy atom. The number of hydrogen-bond acceptors (Lipinski definition) is 4. The first kappa shape index (κ1) is 16.7. The Morgan fingerprint density at radius 3 is 1.86 bits per heavy atom. The van der Waals surface area contributed by atoms with Crippen LogP contribution in [0.4, 0.5) is 4.79 Å². The highest BCUT2D eigenvalue weighted by Crippen LogP contribution is 2.08. The van der Waals surface area contributed by atoms with E-state index in [9.17, 15) is 19.2 Å². The van der Waals surface area contributed by atoms with Gasteiger partial charge in [0, 0.05) is 20.1 Å². The average molecular weight is 301 g/mol. The molecule has 0 bridgehead atoms. The molecule has 2 N–H and O–H groups in total. The van der Waals surface area contributed by atoms with Crippen molar-refractivity contribution in [2.45, 2.75) is 12.8 Å². The molecule has 1 aliphatic heterocycles. The van der Waals surface area contributed by atoms with Gasteiger partial charge >= 0.3 is 18.0 Å². The fourth-order valence-corrected chi connectivity index (χ4v) is 2.10. The molecule has 0 aromatic carbocycles. The van der Waals surface area contributed by atoms with Crippen molar-refractivity contribution in [3.05, 3.63) is 0 Å². The first-order valence-corrected chi connectivity index (χ1v) is 6.52. The Kier molecular flexibility index (Phi) is 5.94. The number of carbonyl (C=O) groups excluding carboxylic acids is 2. The number of carboxylic acid groups (broad SMARTS) is 2. The number of rotatable bonds is 6. The molecule has 9 heteroatoms. The van der Waals surface area contributed by atoms with Crippen LogP contribution in [0.25, 0.3) is 0 Å². The summed E-state index contributed by atoms with van der Waals surface area (Å²) in [6.07, 6.45) is 1.85. The fourth-order valence-electron chi connectivity index (χ4n) is 2.10. The van der Waals surface area contributed by atoms with Crippen LogP contribution in [-0.2, 0) is 14.4 Å². The molecule has 1 aliphatic rings. The highest BCUT2D eigenvalue weighted by atomic mass is 16.4. The maximum absolute atomic E-state index is 12.0. The average Bonchev–Trinajstić information content (AvgIpc) is 2.89. The summed E-state index contributed by atoms with van der Waals surface area (Å²) in [6, 6.07) is -0.799. The molecule has 0 saturated carbocycles. The predicted octanol–water partition coefficient (Wildman–Crippen LogP) is -0.868. The second kappa shape index (κ2) is 7.46. The van der Waals surface area contributed by atoms with Crippen molar-refractivity contribution in [1.29, 1.82) is 0 Å². The summed E-state index contributed by atoms with van der Waals surface area (Å²) >= 11 is 0. The standard InChI is InChI=1S/C12H19N3O6/c1-13(6-9(16)14-4-2-3-5-14)12(21)15(7-10(17)18)8-11(19)20/h2-8H2,1H3,(H,17,18)(H,19,20). The highest BCUT2D eigenvalue weighted by Gasteiger charge is 2.26. The maximum atomic E-state index is 12.0. The molecule has 3 amide bonds. The van der Waals surface area contributed by atoms with Gasteiger partial charge in [-0.15, -0.1) is 0 Å². The van der Waals surface area contributed by atoms with Crippen molar-refractivity contribution < 1.29 is 29.4 Å². The molecular formula is C12H19N3O6. The van der Waals surface area contributed by atoms with Gasteiger partial charge < -0.3 is 24.9 Å². The second-order valence-corrected chi connectivity index (χ2v) is 4.87. The summed E-state index contributed by atoms with van der Waals surface area (Å²) in [4.78, 5) is 48.6. The molecule has 1 heterocycles. The molecule has 0 aromatic heterocycles. The minimum absolute atomic E-state index is 0.200. The predicted molar refractivity (Wildman–Crippen MR) is 70.7 cm³/mol. The van der Waals surface area contributed by atoms with Crippen LogP contribution in [0.15, 0.2) is 0 Å². The van der Waals surface area contributed by atoms with Crippen molar-refractivity contribution in [3.63, 3.8) is 0 Å². The number of urea groups is 1. The van der Waals surface area contributed by atoms with Crippen LogP contribution in [0.3, 0.4) is 0 Å². The molecule has 0 aliphatic carbocycles. The van der Waals surface area contributed by atoms with Crippen LogP contribution in [0, 0.1) is 0 Å². The van der Waals surface area contributed by atoms with E-state index in [-0.39, 0.29) is 12.5 Å². The van der Waals surface area contributed by atoms with Crippen LogP contribution in [0.2, 0.25) is 0 Å². The van der Waals surface area contributed by atoms with E-state index in [0.717, 1.165) is 17.7 Å². The monoisotopic (exact) mass is 301 g/mol. The van der Waals surface area contributed by atoms with Gasteiger partial charge in [-0.05, 0) is 12.8 Å². The summed E-state index contributed by atoms with van der Waals surface area (Å²) in [7, 11) is 1.34. The minimum atomic E-state index is -1.32. The number of aliphatic carboxylic acids is 2. The maximum Gasteiger partial charge on any atom is 0.323 e. The number of carboxylic acids is 2. The fraction of sp³-hybridized carbons (Fsp3) is 0.667. The van der Waals surface area contributed by atoms with Crippen molar-refractivity contribution >= 4 is 23.9 Å². The summed E-state index contributed by atoms with van der Waals surface area (Å²) in [5, 5.41) is 17.4. The SMILES string of the molecule is CN(CC(=O)N1CCCC1)C(=O)N(CC(=O)O)CC(=O)O. The van der Waals surface area contributed by atoms with E-state index in [1.165, 1.54) is 7.05 Å². The lowest BCUT2D eigenvalue weighted by molar-refractivity contribution is -0.140. The van der Waals surface area contributed by atoms with Gasteiger partial charge in [0.1, 0.15) is 19.6 Å². The Morgan fingerprint density at radius 1 is 0.952 bits per heavy atom. The van der Waals surface area contributed by atoms with Crippen LogP contribution in [0.5, 0.6) is 0 Å². The third-order valence-corrected chi connectivity index (χ3v) is 3.08. The Bertz CT molecular complexity index is 417. The molecule has 9 nitrogen and oxygen atoms in total. The van der Waals surface area contributed by atoms with Crippen LogP contribution in [-0.4, -0.2) is 88.6 Å². The lowest BCUT2D eigenvalue weighted by Gasteiger charge is -2.26. The van der Waals surface area contributed by atoms with E-state index < -0.39 is 31.1 Å². The van der Waals surface area contributed by atoms with Crippen LogP contribution in [0.1, 0.15) is 12.8 Å². The molecule has 1 saturated heterocycles. The van der Waals surface area contributed by atoms with Gasteiger partial charge in [0.2, 0.25) is 5.91 Å². The first-order valence-electron chi connectivity index (χ1n) is 6.52. The van der Waals surface area contributed by atoms with Gasteiger partial charge in [-0.1, -0.05) is 0 Å². The first-order chi connectivity index (χ1) is 9.81. The third-order valence-electron chi connectivity index (χ3n) is 3.08. The van der Waals surface area contributed by atoms with E-state index in [1.807, 2.05) is 0 Å².